The summed E-state index contributed by atoms with van der Waals surface area (Å²) in [6, 6.07) is 0. The minimum Gasteiger partial charge on any atom is -0.462 e. The number of phosphoric ester groups is 2. The van der Waals surface area contributed by atoms with Gasteiger partial charge in [0.1, 0.15) is 19.3 Å². The summed E-state index contributed by atoms with van der Waals surface area (Å²) in [6.45, 7) is 9.34. The van der Waals surface area contributed by atoms with Crippen LogP contribution in [0.1, 0.15) is 298 Å². The molecule has 0 fully saturated rings. The van der Waals surface area contributed by atoms with Crippen molar-refractivity contribution in [2.45, 2.75) is 317 Å². The number of aliphatic hydroxyl groups is 1. The molecule has 0 bridgehead atoms. The Kier molecular flexibility index (Phi) is 52.5. The molecule has 0 aliphatic carbocycles. The third kappa shape index (κ3) is 55.3. The highest BCUT2D eigenvalue weighted by Crippen LogP contribution is 2.45. The van der Waals surface area contributed by atoms with Gasteiger partial charge in [0.2, 0.25) is 0 Å². The zero-order valence-electron chi connectivity index (χ0n) is 51.4. The Balaban J connectivity index is 5.19. The fraction of sp³-hybridized carbons (Fsp3) is 0.934. The smallest absolute Gasteiger partial charge is 0.462 e. The molecule has 0 saturated heterocycles. The zero-order valence-corrected chi connectivity index (χ0v) is 53.2. The first-order valence-corrected chi connectivity index (χ1v) is 35.0. The number of hydrogen-bond donors (Lipinski definition) is 3. The number of ether oxygens (including phenoxy) is 4. The maximum atomic E-state index is 12.9. The van der Waals surface area contributed by atoms with Crippen LogP contribution in [0.15, 0.2) is 0 Å². The summed E-state index contributed by atoms with van der Waals surface area (Å²) < 4.78 is 67.7. The van der Waals surface area contributed by atoms with E-state index in [0.29, 0.717) is 31.6 Å². The van der Waals surface area contributed by atoms with E-state index in [1.165, 1.54) is 96.3 Å². The lowest BCUT2D eigenvalue weighted by molar-refractivity contribution is -0.161. The molecule has 0 aromatic carbocycles. The van der Waals surface area contributed by atoms with Crippen molar-refractivity contribution in [2.24, 2.45) is 11.8 Å². The average Bonchev–Trinajstić information content (AvgIpc) is 3.41. The van der Waals surface area contributed by atoms with Gasteiger partial charge in [-0.05, 0) is 37.5 Å². The third-order valence-corrected chi connectivity index (χ3v) is 15.9. The number of phosphoric acid groups is 2. The summed E-state index contributed by atoms with van der Waals surface area (Å²) in [4.78, 5) is 71.9. The Bertz CT molecular complexity index is 1580. The van der Waals surface area contributed by atoms with Crippen molar-refractivity contribution in [1.82, 2.24) is 0 Å². The van der Waals surface area contributed by atoms with Crippen LogP contribution in [0.5, 0.6) is 0 Å². The normalized spacial score (nSPS) is 14.4. The monoisotopic (exact) mass is 1180 g/mol. The molecule has 0 aliphatic heterocycles. The molecule has 17 nitrogen and oxygen atoms in total. The van der Waals surface area contributed by atoms with Crippen molar-refractivity contribution in [1.29, 1.82) is 0 Å². The second-order valence-electron chi connectivity index (χ2n) is 23.0. The maximum Gasteiger partial charge on any atom is 0.472 e. The highest BCUT2D eigenvalue weighted by atomic mass is 31.2. The molecule has 80 heavy (non-hydrogen) atoms. The van der Waals surface area contributed by atoms with Crippen LogP contribution >= 0.6 is 15.6 Å². The summed E-state index contributed by atoms with van der Waals surface area (Å²) >= 11 is 0. The molecule has 3 N–H and O–H groups in total. The molecular weight excluding hydrogens is 1070 g/mol. The van der Waals surface area contributed by atoms with Crippen molar-refractivity contribution in [3.05, 3.63) is 0 Å². The number of aliphatic hydroxyl groups excluding tert-OH is 1. The molecule has 0 rings (SSSR count). The van der Waals surface area contributed by atoms with Crippen LogP contribution in [0.25, 0.3) is 0 Å². The maximum absolute atomic E-state index is 12.9. The van der Waals surface area contributed by atoms with Gasteiger partial charge in [-0.3, -0.25) is 37.3 Å². The molecular formula is C61H118O17P2. The molecule has 2 unspecified atom stereocenters. The largest absolute Gasteiger partial charge is 0.472 e. The molecule has 0 aliphatic rings. The van der Waals surface area contributed by atoms with Crippen LogP contribution in [0.2, 0.25) is 0 Å². The second kappa shape index (κ2) is 53.8. The molecule has 0 aromatic rings. The summed E-state index contributed by atoms with van der Waals surface area (Å²) in [5, 5.41) is 10.5. The number of rotatable bonds is 60. The van der Waals surface area contributed by atoms with Crippen molar-refractivity contribution < 1.29 is 80.2 Å². The predicted octanol–water partition coefficient (Wildman–Crippen LogP) is 16.5. The van der Waals surface area contributed by atoms with Crippen LogP contribution in [0.3, 0.4) is 0 Å². The molecule has 474 valence electrons. The van der Waals surface area contributed by atoms with Gasteiger partial charge in [-0.1, -0.05) is 247 Å². The van der Waals surface area contributed by atoms with Crippen LogP contribution < -0.4 is 0 Å². The van der Waals surface area contributed by atoms with Gasteiger partial charge in [-0.15, -0.1) is 0 Å². The van der Waals surface area contributed by atoms with Gasteiger partial charge in [-0.2, -0.15) is 0 Å². The summed E-state index contributed by atoms with van der Waals surface area (Å²) in [5.41, 5.74) is 0. The average molecular weight is 1190 g/mol. The SMILES string of the molecule is CCCCCCCCCCCC(=O)O[C@H](COC(=O)CCCCCCCCC)COP(=O)(O)OC[C@H](O)COP(=O)(O)OC[C@@H](COC(=O)CCCCCCCCC(C)C)OC(=O)CCCCCCCCCCCCCCC(C)C. The lowest BCUT2D eigenvalue weighted by Gasteiger charge is -2.21. The van der Waals surface area contributed by atoms with Gasteiger partial charge in [-0.25, -0.2) is 9.13 Å². The van der Waals surface area contributed by atoms with Gasteiger partial charge in [0.05, 0.1) is 26.4 Å². The highest BCUT2D eigenvalue weighted by Gasteiger charge is 2.30. The first kappa shape index (κ1) is 78.1. The first-order valence-electron chi connectivity index (χ1n) is 32.0. The number of carbonyl (C=O) groups excluding carboxylic acids is 4. The Labute approximate surface area is 486 Å². The van der Waals surface area contributed by atoms with E-state index in [0.717, 1.165) is 115 Å². The van der Waals surface area contributed by atoms with Crippen LogP contribution in [0, 0.1) is 11.8 Å². The van der Waals surface area contributed by atoms with Crippen molar-refractivity contribution >= 4 is 39.5 Å². The standard InChI is InChI=1S/C61H118O17P2/c1-7-9-11-13-15-20-25-33-39-45-60(65)77-56(49-71-58(63)43-37-31-23-14-12-10-8-2)51-75-79(67,68)73-47-55(62)48-74-80(69,70)76-52-57(50-72-59(64)44-38-32-28-27-30-36-42-54(5)6)78-61(66)46-40-34-26-22-19-17-16-18-21-24-29-35-41-53(3)4/h53-57,62H,7-52H2,1-6H3,(H,67,68)(H,69,70)/t55-,56+,57+/m0/s1. The summed E-state index contributed by atoms with van der Waals surface area (Å²) in [7, 11) is -9.87. The predicted molar refractivity (Wildman–Crippen MR) is 317 cm³/mol. The lowest BCUT2D eigenvalue weighted by Crippen LogP contribution is -2.30. The topological polar surface area (TPSA) is 237 Å². The molecule has 19 heteroatoms. The van der Waals surface area contributed by atoms with Crippen molar-refractivity contribution in [2.75, 3.05) is 39.6 Å². The molecule has 0 saturated carbocycles. The fourth-order valence-corrected chi connectivity index (χ4v) is 10.6. The molecule has 0 heterocycles. The molecule has 0 amide bonds. The zero-order chi connectivity index (χ0) is 59.4. The first-order chi connectivity index (χ1) is 38.4. The van der Waals surface area contributed by atoms with Gasteiger partial charge in [0, 0.05) is 25.7 Å². The van der Waals surface area contributed by atoms with Gasteiger partial charge < -0.3 is 33.8 Å². The van der Waals surface area contributed by atoms with E-state index in [9.17, 15) is 43.2 Å². The highest BCUT2D eigenvalue weighted by molar-refractivity contribution is 7.47. The quantitative estimate of drug-likeness (QED) is 0.0222. The van der Waals surface area contributed by atoms with Gasteiger partial charge in [0.15, 0.2) is 12.2 Å². The fourth-order valence-electron chi connectivity index (χ4n) is 9.00. The van der Waals surface area contributed by atoms with Crippen LogP contribution in [-0.2, 0) is 65.4 Å². The molecule has 0 aromatic heterocycles. The van der Waals surface area contributed by atoms with Crippen LogP contribution in [0.4, 0.5) is 0 Å². The van der Waals surface area contributed by atoms with Crippen molar-refractivity contribution in [3.63, 3.8) is 0 Å². The van der Waals surface area contributed by atoms with E-state index in [1.54, 1.807) is 0 Å². The minimum absolute atomic E-state index is 0.105. The second-order valence-corrected chi connectivity index (χ2v) is 25.9. The number of unbranched alkanes of at least 4 members (excludes halogenated alkanes) is 30. The van der Waals surface area contributed by atoms with E-state index >= 15 is 0 Å². The Morgan fingerprint density at radius 3 is 0.850 bits per heavy atom. The number of hydrogen-bond acceptors (Lipinski definition) is 15. The van der Waals surface area contributed by atoms with Crippen molar-refractivity contribution in [3.8, 4) is 0 Å². The summed E-state index contributed by atoms with van der Waals surface area (Å²) in [5.74, 6) is -0.689. The lowest BCUT2D eigenvalue weighted by atomic mass is 10.0. The van der Waals surface area contributed by atoms with E-state index in [2.05, 4.69) is 41.5 Å². The van der Waals surface area contributed by atoms with E-state index in [1.807, 2.05) is 0 Å². The molecule has 0 spiro atoms. The van der Waals surface area contributed by atoms with E-state index in [4.69, 9.17) is 37.0 Å². The van der Waals surface area contributed by atoms with E-state index < -0.39 is 97.5 Å². The Hall–Kier alpha value is -1.94. The molecule has 5 atom stereocenters. The molecule has 0 radical (unpaired) electrons. The third-order valence-electron chi connectivity index (χ3n) is 14.0. The minimum atomic E-state index is -4.94. The van der Waals surface area contributed by atoms with Crippen LogP contribution in [-0.4, -0.2) is 96.7 Å². The van der Waals surface area contributed by atoms with Gasteiger partial charge >= 0.3 is 39.5 Å². The Morgan fingerprint density at radius 1 is 0.338 bits per heavy atom. The number of esters is 4. The number of carbonyl (C=O) groups is 4. The summed E-state index contributed by atoms with van der Waals surface area (Å²) in [6.07, 6.45) is 35.1. The van der Waals surface area contributed by atoms with Gasteiger partial charge in [0.25, 0.3) is 0 Å². The van der Waals surface area contributed by atoms with E-state index in [-0.39, 0.29) is 25.7 Å². The Morgan fingerprint density at radius 2 is 0.575 bits per heavy atom.